The number of nitrogens with one attached hydrogen (secondary N) is 1. The molecule has 0 saturated heterocycles. The first-order valence-corrected chi connectivity index (χ1v) is 4.97. The minimum absolute atomic E-state index is 0.0966. The molecule has 2 atom stereocenters. The molecule has 0 unspecified atom stereocenters. The lowest BCUT2D eigenvalue weighted by Crippen LogP contribution is -2.22. The van der Waals surface area contributed by atoms with Crippen LogP contribution in [0.4, 0.5) is 0 Å². The van der Waals surface area contributed by atoms with Gasteiger partial charge in [0.25, 0.3) is 0 Å². The van der Waals surface area contributed by atoms with Crippen molar-refractivity contribution in [2.75, 3.05) is 0 Å². The molecule has 0 aliphatic heterocycles. The fourth-order valence-corrected chi connectivity index (χ4v) is 1.17. The summed E-state index contributed by atoms with van der Waals surface area (Å²) in [7, 11) is 0. The molecule has 1 saturated carbocycles. The number of hydrogen-bond acceptors (Lipinski definition) is 1. The highest BCUT2D eigenvalue weighted by Crippen LogP contribution is 2.28. The summed E-state index contributed by atoms with van der Waals surface area (Å²) >= 11 is 0. The van der Waals surface area contributed by atoms with E-state index < -0.39 is 0 Å². The lowest BCUT2D eigenvalue weighted by molar-refractivity contribution is -0.119. The lowest BCUT2D eigenvalue weighted by atomic mass is 10.4. The third-order valence-electron chi connectivity index (χ3n) is 2.16. The quantitative estimate of drug-likeness (QED) is 0.724. The second kappa shape index (κ2) is 5.43. The van der Waals surface area contributed by atoms with Crippen molar-refractivity contribution in [1.29, 1.82) is 0 Å². The first-order valence-electron chi connectivity index (χ1n) is 4.97. The van der Waals surface area contributed by atoms with Gasteiger partial charge >= 0.3 is 0 Å². The van der Waals surface area contributed by atoms with Crippen molar-refractivity contribution in [3.8, 4) is 0 Å². The van der Waals surface area contributed by atoms with E-state index in [0.29, 0.717) is 6.04 Å². The molecular formula is C12H17NO. The van der Waals surface area contributed by atoms with Gasteiger partial charge in [0.2, 0.25) is 5.91 Å². The zero-order chi connectivity index (χ0) is 10.4. The molecule has 1 N–H and O–H groups in total. The largest absolute Gasteiger partial charge is 0.353 e. The molecule has 0 spiro atoms. The molecular weight excluding hydrogens is 174 g/mol. The molecule has 2 nitrogen and oxygen atoms in total. The van der Waals surface area contributed by atoms with Crippen LogP contribution in [0.5, 0.6) is 0 Å². The molecule has 1 amide bonds. The van der Waals surface area contributed by atoms with Gasteiger partial charge in [-0.05, 0) is 12.3 Å². The second-order valence-corrected chi connectivity index (χ2v) is 3.67. The van der Waals surface area contributed by atoms with E-state index in [1.807, 2.05) is 36.4 Å². The predicted molar refractivity (Wildman–Crippen MR) is 57.8 cm³/mol. The normalized spacial score (nSPS) is 23.0. The molecule has 1 aliphatic rings. The van der Waals surface area contributed by atoms with Crippen molar-refractivity contribution >= 4 is 5.91 Å². The maximum absolute atomic E-state index is 10.3. The Bertz CT molecular complexity index is 244. The van der Waals surface area contributed by atoms with Gasteiger partial charge in [-0.25, -0.2) is 0 Å². The van der Waals surface area contributed by atoms with Crippen molar-refractivity contribution in [2.24, 2.45) is 5.92 Å². The zero-order valence-electron chi connectivity index (χ0n) is 8.73. The minimum Gasteiger partial charge on any atom is -0.353 e. The highest BCUT2D eigenvalue weighted by Gasteiger charge is 2.32. The monoisotopic (exact) mass is 191 g/mol. The van der Waals surface area contributed by atoms with E-state index in [1.54, 1.807) is 6.92 Å². The third-order valence-corrected chi connectivity index (χ3v) is 2.16. The van der Waals surface area contributed by atoms with Gasteiger partial charge in [0.1, 0.15) is 0 Å². The van der Waals surface area contributed by atoms with Crippen LogP contribution in [0.25, 0.3) is 0 Å². The van der Waals surface area contributed by atoms with Gasteiger partial charge < -0.3 is 5.32 Å². The van der Waals surface area contributed by atoms with Crippen molar-refractivity contribution in [2.45, 2.75) is 26.3 Å². The van der Waals surface area contributed by atoms with Crippen LogP contribution in [-0.2, 0) is 4.79 Å². The Morgan fingerprint density at radius 3 is 1.64 bits per heavy atom. The average molecular weight is 191 g/mol. The molecule has 1 fully saturated rings. The van der Waals surface area contributed by atoms with Crippen LogP contribution in [0.1, 0.15) is 20.3 Å². The van der Waals surface area contributed by atoms with Crippen molar-refractivity contribution in [3.05, 3.63) is 36.4 Å². The molecule has 1 aliphatic carbocycles. The number of rotatable bonds is 1. The van der Waals surface area contributed by atoms with Crippen molar-refractivity contribution < 1.29 is 4.79 Å². The van der Waals surface area contributed by atoms with E-state index in [2.05, 4.69) is 12.2 Å². The highest BCUT2D eigenvalue weighted by atomic mass is 16.1. The topological polar surface area (TPSA) is 29.1 Å². The molecule has 0 heterocycles. The Hall–Kier alpha value is -1.31. The van der Waals surface area contributed by atoms with Crippen molar-refractivity contribution in [1.82, 2.24) is 5.32 Å². The van der Waals surface area contributed by atoms with Crippen LogP contribution in [0.3, 0.4) is 0 Å². The van der Waals surface area contributed by atoms with E-state index in [0.717, 1.165) is 5.92 Å². The second-order valence-electron chi connectivity index (χ2n) is 3.67. The standard InChI is InChI=1S/C6H11NO.C6H6/c1-4-3-6(4)7-5(2)8;1-2-4-6-5-3-1/h4,6H,3H2,1-2H3,(H,7,8);1-6H/t4-,6-;/m1./s1. The summed E-state index contributed by atoms with van der Waals surface area (Å²) in [6.45, 7) is 3.70. The molecule has 0 bridgehead atoms. The van der Waals surface area contributed by atoms with E-state index in [1.165, 1.54) is 6.42 Å². The molecule has 2 heteroatoms. The number of carbonyl (C=O) groups excluding carboxylic acids is 1. The molecule has 2 rings (SSSR count). The smallest absolute Gasteiger partial charge is 0.217 e. The summed E-state index contributed by atoms with van der Waals surface area (Å²) in [5, 5.41) is 2.83. The van der Waals surface area contributed by atoms with Gasteiger partial charge in [-0.3, -0.25) is 4.79 Å². The molecule has 1 aromatic carbocycles. The van der Waals surface area contributed by atoms with Crippen LogP contribution in [0, 0.1) is 5.92 Å². The van der Waals surface area contributed by atoms with Crippen LogP contribution < -0.4 is 5.32 Å². The molecule has 14 heavy (non-hydrogen) atoms. The summed E-state index contributed by atoms with van der Waals surface area (Å²) in [6.07, 6.45) is 1.17. The fourth-order valence-electron chi connectivity index (χ4n) is 1.17. The van der Waals surface area contributed by atoms with Crippen LogP contribution >= 0.6 is 0 Å². The number of amides is 1. The number of hydrogen-bond donors (Lipinski definition) is 1. The number of benzene rings is 1. The molecule has 1 aromatic rings. The first kappa shape index (κ1) is 10.8. The van der Waals surface area contributed by atoms with Gasteiger partial charge in [-0.1, -0.05) is 43.3 Å². The summed E-state index contributed by atoms with van der Waals surface area (Å²) < 4.78 is 0. The first-order chi connectivity index (χ1) is 6.70. The van der Waals surface area contributed by atoms with Gasteiger partial charge in [0, 0.05) is 13.0 Å². The van der Waals surface area contributed by atoms with Crippen molar-refractivity contribution in [3.63, 3.8) is 0 Å². The lowest BCUT2D eigenvalue weighted by Gasteiger charge is -1.94. The highest BCUT2D eigenvalue weighted by molar-refractivity contribution is 5.73. The summed E-state index contributed by atoms with van der Waals surface area (Å²) in [4.78, 5) is 10.3. The van der Waals surface area contributed by atoms with Crippen LogP contribution in [-0.4, -0.2) is 11.9 Å². The predicted octanol–water partition coefficient (Wildman–Crippen LogP) is 2.22. The maximum Gasteiger partial charge on any atom is 0.217 e. The van der Waals surface area contributed by atoms with E-state index in [-0.39, 0.29) is 5.91 Å². The Morgan fingerprint density at radius 1 is 1.14 bits per heavy atom. The van der Waals surface area contributed by atoms with E-state index in [9.17, 15) is 4.79 Å². The third kappa shape index (κ3) is 4.65. The SMILES string of the molecule is CC(=O)N[C@@H]1C[C@H]1C.c1ccccc1. The van der Waals surface area contributed by atoms with Gasteiger partial charge in [-0.2, -0.15) is 0 Å². The Labute approximate surface area is 85.3 Å². The summed E-state index contributed by atoms with van der Waals surface area (Å²) in [6, 6.07) is 12.5. The van der Waals surface area contributed by atoms with Gasteiger partial charge in [-0.15, -0.1) is 0 Å². The maximum atomic E-state index is 10.3. The number of carbonyl (C=O) groups is 1. The minimum atomic E-state index is 0.0966. The zero-order valence-corrected chi connectivity index (χ0v) is 8.73. The molecule has 0 aromatic heterocycles. The van der Waals surface area contributed by atoms with Crippen LogP contribution in [0.15, 0.2) is 36.4 Å². The summed E-state index contributed by atoms with van der Waals surface area (Å²) in [5.74, 6) is 0.818. The Balaban J connectivity index is 0.000000146. The molecule has 0 radical (unpaired) electrons. The van der Waals surface area contributed by atoms with E-state index >= 15 is 0 Å². The Morgan fingerprint density at radius 2 is 1.50 bits per heavy atom. The molecule has 76 valence electrons. The summed E-state index contributed by atoms with van der Waals surface area (Å²) in [5.41, 5.74) is 0. The average Bonchev–Trinajstić information content (AvgIpc) is 2.84. The Kier molecular flexibility index (Phi) is 4.17. The van der Waals surface area contributed by atoms with Crippen LogP contribution in [0.2, 0.25) is 0 Å². The van der Waals surface area contributed by atoms with Gasteiger partial charge in [0.05, 0.1) is 0 Å². The fraction of sp³-hybridized carbons (Fsp3) is 0.417. The van der Waals surface area contributed by atoms with E-state index in [4.69, 9.17) is 0 Å². The van der Waals surface area contributed by atoms with Gasteiger partial charge in [0.15, 0.2) is 0 Å².